The van der Waals surface area contributed by atoms with Crippen LogP contribution in [0.1, 0.15) is 29.6 Å². The van der Waals surface area contributed by atoms with E-state index < -0.39 is 6.10 Å². The number of aliphatic hydroxyl groups excluding tert-OH is 1. The van der Waals surface area contributed by atoms with Crippen LogP contribution in [0.15, 0.2) is 18.2 Å². The van der Waals surface area contributed by atoms with Gasteiger partial charge in [-0.1, -0.05) is 0 Å². The number of nitrogens with one attached hydrogen (secondary N) is 1. The van der Waals surface area contributed by atoms with Gasteiger partial charge in [0.15, 0.2) is 11.5 Å². The Balaban J connectivity index is 1.30. The van der Waals surface area contributed by atoms with Crippen LogP contribution in [0.4, 0.5) is 0 Å². The number of hydrogen-bond donors (Lipinski definition) is 2. The second-order valence-corrected chi connectivity index (χ2v) is 8.09. The van der Waals surface area contributed by atoms with Crippen LogP contribution in [-0.4, -0.2) is 91.6 Å². The van der Waals surface area contributed by atoms with Crippen molar-refractivity contribution >= 4 is 11.8 Å². The van der Waals surface area contributed by atoms with Crippen molar-refractivity contribution < 1.29 is 28.9 Å². The lowest BCUT2D eigenvalue weighted by Crippen LogP contribution is -2.52. The molecule has 9 nitrogen and oxygen atoms in total. The van der Waals surface area contributed by atoms with E-state index in [1.54, 1.807) is 18.2 Å². The zero-order valence-electron chi connectivity index (χ0n) is 17.2. The minimum atomic E-state index is -0.540. The van der Waals surface area contributed by atoms with Gasteiger partial charge in [0.25, 0.3) is 5.91 Å². The number of amides is 2. The maximum atomic E-state index is 12.7. The van der Waals surface area contributed by atoms with E-state index in [0.29, 0.717) is 36.3 Å². The Morgan fingerprint density at radius 1 is 1.13 bits per heavy atom. The van der Waals surface area contributed by atoms with E-state index in [9.17, 15) is 14.7 Å². The molecular formula is C21H29N3O6. The molecule has 0 saturated carbocycles. The molecule has 2 amide bonds. The van der Waals surface area contributed by atoms with Gasteiger partial charge in [-0.25, -0.2) is 0 Å². The summed E-state index contributed by atoms with van der Waals surface area (Å²) in [6, 6.07) is 4.71. The molecule has 2 N–H and O–H groups in total. The highest BCUT2D eigenvalue weighted by molar-refractivity contribution is 5.95. The Hall–Kier alpha value is -2.36. The third-order valence-corrected chi connectivity index (χ3v) is 6.01. The van der Waals surface area contributed by atoms with Gasteiger partial charge in [0.05, 0.1) is 25.2 Å². The maximum absolute atomic E-state index is 12.7. The van der Waals surface area contributed by atoms with Crippen molar-refractivity contribution in [2.45, 2.75) is 37.5 Å². The molecule has 4 rings (SSSR count). The Kier molecular flexibility index (Phi) is 6.40. The van der Waals surface area contributed by atoms with Gasteiger partial charge < -0.3 is 34.4 Å². The first-order valence-electron chi connectivity index (χ1n) is 10.5. The number of fused-ring (bicyclic) bond motifs is 1. The number of hydrogen-bond acceptors (Lipinski definition) is 7. The van der Waals surface area contributed by atoms with Gasteiger partial charge in [-0.3, -0.25) is 9.59 Å². The Bertz CT molecular complexity index is 780. The molecule has 0 aromatic heterocycles. The van der Waals surface area contributed by atoms with E-state index >= 15 is 0 Å². The summed E-state index contributed by atoms with van der Waals surface area (Å²) in [5.74, 6) is 0.998. The van der Waals surface area contributed by atoms with Gasteiger partial charge >= 0.3 is 0 Å². The molecule has 2 fully saturated rings. The molecule has 1 aromatic rings. The summed E-state index contributed by atoms with van der Waals surface area (Å²) in [5.41, 5.74) is 0.461. The minimum Gasteiger partial charge on any atom is -0.454 e. The molecular weight excluding hydrogens is 390 g/mol. The van der Waals surface area contributed by atoms with Crippen molar-refractivity contribution in [1.82, 2.24) is 15.1 Å². The molecule has 0 bridgehead atoms. The number of carbonyl (C=O) groups excluding carboxylic acids is 2. The highest BCUT2D eigenvalue weighted by atomic mass is 16.7. The number of piperazine rings is 1. The highest BCUT2D eigenvalue weighted by Crippen LogP contribution is 2.32. The second kappa shape index (κ2) is 9.20. The molecule has 0 radical (unpaired) electrons. The van der Waals surface area contributed by atoms with Gasteiger partial charge in [-0.15, -0.1) is 0 Å². The van der Waals surface area contributed by atoms with E-state index in [2.05, 4.69) is 17.3 Å². The molecule has 3 aliphatic rings. The van der Waals surface area contributed by atoms with Crippen molar-refractivity contribution in [3.05, 3.63) is 23.8 Å². The molecule has 3 aliphatic heterocycles. The summed E-state index contributed by atoms with van der Waals surface area (Å²) in [6.45, 7) is 3.16. The lowest BCUT2D eigenvalue weighted by molar-refractivity contribution is -0.141. The number of carbonyl (C=O) groups is 2. The van der Waals surface area contributed by atoms with Gasteiger partial charge in [-0.05, 0) is 38.1 Å². The van der Waals surface area contributed by atoms with Crippen molar-refractivity contribution in [3.8, 4) is 11.5 Å². The number of aliphatic hydroxyl groups is 1. The minimum absolute atomic E-state index is 0.0904. The average molecular weight is 419 g/mol. The number of likely N-dealkylation sites (N-methyl/N-ethyl adjacent to an activating group) is 1. The van der Waals surface area contributed by atoms with E-state index in [4.69, 9.17) is 14.2 Å². The molecule has 0 aliphatic carbocycles. The van der Waals surface area contributed by atoms with Crippen LogP contribution in [0, 0.1) is 0 Å². The molecule has 1 aromatic carbocycles. The van der Waals surface area contributed by atoms with Crippen LogP contribution in [-0.2, 0) is 9.53 Å². The molecule has 9 heteroatoms. The molecule has 30 heavy (non-hydrogen) atoms. The third kappa shape index (κ3) is 4.69. The highest BCUT2D eigenvalue weighted by Gasteiger charge is 2.34. The first kappa shape index (κ1) is 20.9. The van der Waals surface area contributed by atoms with Crippen LogP contribution in [0.25, 0.3) is 0 Å². The van der Waals surface area contributed by atoms with Gasteiger partial charge in [-0.2, -0.15) is 0 Å². The third-order valence-electron chi connectivity index (χ3n) is 6.01. The SMILES string of the molecule is CN1CCN(C(=O)C[C@@H]2CC[C@@H](NC(=O)c3ccc4c(c3)OCO4)[C@@H](CO)O2)CC1. The summed E-state index contributed by atoms with van der Waals surface area (Å²) in [6.07, 6.45) is 0.822. The van der Waals surface area contributed by atoms with Crippen LogP contribution in [0.3, 0.4) is 0 Å². The molecule has 0 spiro atoms. The van der Waals surface area contributed by atoms with Crippen molar-refractivity contribution in [2.75, 3.05) is 46.6 Å². The summed E-state index contributed by atoms with van der Waals surface area (Å²) in [7, 11) is 2.05. The number of ether oxygens (including phenoxy) is 3. The van der Waals surface area contributed by atoms with Crippen molar-refractivity contribution in [3.63, 3.8) is 0 Å². The van der Waals surface area contributed by atoms with E-state index in [-0.39, 0.29) is 37.4 Å². The topological polar surface area (TPSA) is 101 Å². The van der Waals surface area contributed by atoms with E-state index in [1.165, 1.54) is 0 Å². The molecule has 3 atom stereocenters. The molecule has 164 valence electrons. The quantitative estimate of drug-likeness (QED) is 0.704. The molecule has 0 unspecified atom stereocenters. The van der Waals surface area contributed by atoms with Crippen LogP contribution >= 0.6 is 0 Å². The van der Waals surface area contributed by atoms with Gasteiger partial charge in [0.2, 0.25) is 12.7 Å². The average Bonchev–Trinajstić information content (AvgIpc) is 3.23. The second-order valence-electron chi connectivity index (χ2n) is 8.09. The fourth-order valence-electron chi connectivity index (χ4n) is 4.12. The first-order chi connectivity index (χ1) is 14.5. The fraction of sp³-hybridized carbons (Fsp3) is 0.619. The van der Waals surface area contributed by atoms with Crippen molar-refractivity contribution in [2.24, 2.45) is 0 Å². The Labute approximate surface area is 175 Å². The zero-order chi connectivity index (χ0) is 21.1. The van der Waals surface area contributed by atoms with E-state index in [0.717, 1.165) is 26.2 Å². The Morgan fingerprint density at radius 3 is 2.67 bits per heavy atom. The van der Waals surface area contributed by atoms with E-state index in [1.807, 2.05) is 4.90 Å². The van der Waals surface area contributed by atoms with Crippen LogP contribution in [0.5, 0.6) is 11.5 Å². The predicted molar refractivity (Wildman–Crippen MR) is 107 cm³/mol. The number of rotatable bonds is 5. The molecule has 3 heterocycles. The number of benzene rings is 1. The maximum Gasteiger partial charge on any atom is 0.251 e. The zero-order valence-corrected chi connectivity index (χ0v) is 17.2. The summed E-state index contributed by atoms with van der Waals surface area (Å²) < 4.78 is 16.6. The lowest BCUT2D eigenvalue weighted by atomic mass is 9.96. The lowest BCUT2D eigenvalue weighted by Gasteiger charge is -2.37. The standard InChI is InChI=1S/C21H29N3O6/c1-23-6-8-24(9-7-23)20(26)11-15-3-4-16(19(12-25)30-15)22-21(27)14-2-5-17-18(10-14)29-13-28-17/h2,5,10,15-16,19,25H,3-4,6-9,11-13H2,1H3,(H,22,27)/t15-,16+,19+/m0/s1. The Morgan fingerprint density at radius 2 is 1.90 bits per heavy atom. The number of nitrogens with zero attached hydrogens (tertiary/aromatic N) is 2. The van der Waals surface area contributed by atoms with Gasteiger partial charge in [0, 0.05) is 31.7 Å². The van der Waals surface area contributed by atoms with Gasteiger partial charge in [0.1, 0.15) is 6.10 Å². The summed E-state index contributed by atoms with van der Waals surface area (Å²) in [4.78, 5) is 29.3. The fourth-order valence-corrected chi connectivity index (χ4v) is 4.12. The predicted octanol–water partition coefficient (Wildman–Crippen LogP) is 0.218. The largest absolute Gasteiger partial charge is 0.454 e. The van der Waals surface area contributed by atoms with Crippen LogP contribution in [0.2, 0.25) is 0 Å². The van der Waals surface area contributed by atoms with Crippen LogP contribution < -0.4 is 14.8 Å². The first-order valence-corrected chi connectivity index (χ1v) is 10.5. The smallest absolute Gasteiger partial charge is 0.251 e. The van der Waals surface area contributed by atoms with Crippen molar-refractivity contribution in [1.29, 1.82) is 0 Å². The summed E-state index contributed by atoms with van der Waals surface area (Å²) in [5, 5.41) is 12.7. The normalized spacial score (nSPS) is 26.5. The monoisotopic (exact) mass is 419 g/mol. The summed E-state index contributed by atoms with van der Waals surface area (Å²) >= 11 is 0. The molecule has 2 saturated heterocycles.